The number of nitrogens with zero attached hydrogens (tertiary/aromatic N) is 4. The van der Waals surface area contributed by atoms with Crippen LogP contribution in [-0.2, 0) is 6.54 Å². The van der Waals surface area contributed by atoms with Crippen molar-refractivity contribution in [1.82, 2.24) is 19.3 Å². The lowest BCUT2D eigenvalue weighted by Gasteiger charge is -2.32. The zero-order valence-corrected chi connectivity index (χ0v) is 13.7. The molecule has 1 atom stereocenters. The third-order valence-corrected chi connectivity index (χ3v) is 4.61. The van der Waals surface area contributed by atoms with E-state index < -0.39 is 0 Å². The highest BCUT2D eigenvalue weighted by atomic mass is 16.5. The molecule has 0 saturated carbocycles. The van der Waals surface area contributed by atoms with Crippen LogP contribution in [0.1, 0.15) is 18.5 Å². The maximum atomic E-state index is 5.95. The van der Waals surface area contributed by atoms with Gasteiger partial charge in [-0.1, -0.05) is 18.2 Å². The number of hydrogen-bond donors (Lipinski definition) is 0. The molecule has 3 aromatic rings. The van der Waals surface area contributed by atoms with Gasteiger partial charge in [0, 0.05) is 31.4 Å². The van der Waals surface area contributed by atoms with Crippen molar-refractivity contribution in [3.8, 4) is 5.75 Å². The molecule has 5 nitrogen and oxygen atoms in total. The second-order valence-corrected chi connectivity index (χ2v) is 6.42. The van der Waals surface area contributed by atoms with Gasteiger partial charge in [-0.15, -0.1) is 0 Å². The Bertz CT molecular complexity index is 786. The fourth-order valence-corrected chi connectivity index (χ4v) is 3.40. The molecule has 0 N–H and O–H groups in total. The third kappa shape index (κ3) is 3.41. The normalized spacial score (nSPS) is 18.8. The Kier molecular flexibility index (Phi) is 4.42. The van der Waals surface area contributed by atoms with E-state index in [1.807, 2.05) is 48.9 Å². The lowest BCUT2D eigenvalue weighted by Crippen LogP contribution is -2.37. The minimum Gasteiger partial charge on any atom is -0.493 e. The average Bonchev–Trinajstić information content (AvgIpc) is 3.04. The lowest BCUT2D eigenvalue weighted by molar-refractivity contribution is 0.124. The Hall–Kier alpha value is -2.40. The summed E-state index contributed by atoms with van der Waals surface area (Å²) in [7, 11) is 0. The third-order valence-electron chi connectivity index (χ3n) is 4.61. The van der Waals surface area contributed by atoms with Crippen molar-refractivity contribution in [1.29, 1.82) is 0 Å². The molecular formula is C19H22N4O. The highest BCUT2D eigenvalue weighted by molar-refractivity contribution is 5.36. The number of para-hydroxylation sites is 1. The van der Waals surface area contributed by atoms with Gasteiger partial charge in [0.2, 0.25) is 0 Å². The molecule has 0 amide bonds. The second-order valence-electron chi connectivity index (χ2n) is 6.42. The highest BCUT2D eigenvalue weighted by Gasteiger charge is 2.21. The largest absolute Gasteiger partial charge is 0.493 e. The Balaban J connectivity index is 1.36. The number of fused-ring (bicyclic) bond motifs is 1. The van der Waals surface area contributed by atoms with Crippen LogP contribution < -0.4 is 4.74 Å². The Morgan fingerprint density at radius 2 is 2.08 bits per heavy atom. The average molecular weight is 322 g/mol. The van der Waals surface area contributed by atoms with E-state index in [9.17, 15) is 0 Å². The van der Waals surface area contributed by atoms with Crippen LogP contribution in [0, 0.1) is 5.92 Å². The first-order valence-electron chi connectivity index (χ1n) is 8.54. The van der Waals surface area contributed by atoms with Crippen molar-refractivity contribution in [3.63, 3.8) is 0 Å². The van der Waals surface area contributed by atoms with Crippen LogP contribution in [-0.4, -0.2) is 39.0 Å². The summed E-state index contributed by atoms with van der Waals surface area (Å²) in [6.45, 7) is 3.93. The number of likely N-dealkylation sites (tertiary alicyclic amines) is 1. The molecule has 1 aromatic carbocycles. The van der Waals surface area contributed by atoms with Gasteiger partial charge in [-0.3, -0.25) is 14.3 Å². The predicted octanol–water partition coefficient (Wildman–Crippen LogP) is 3.02. The quantitative estimate of drug-likeness (QED) is 0.724. The molecule has 2 aromatic heterocycles. The van der Waals surface area contributed by atoms with Gasteiger partial charge >= 0.3 is 0 Å². The molecule has 0 spiro atoms. The summed E-state index contributed by atoms with van der Waals surface area (Å²) in [6.07, 6.45) is 10.0. The fourth-order valence-electron chi connectivity index (χ4n) is 3.40. The van der Waals surface area contributed by atoms with Gasteiger partial charge < -0.3 is 4.74 Å². The molecule has 5 heteroatoms. The predicted molar refractivity (Wildman–Crippen MR) is 92.9 cm³/mol. The first-order valence-corrected chi connectivity index (χ1v) is 8.54. The van der Waals surface area contributed by atoms with Crippen molar-refractivity contribution in [2.75, 3.05) is 19.7 Å². The van der Waals surface area contributed by atoms with Crippen molar-refractivity contribution >= 4 is 5.65 Å². The van der Waals surface area contributed by atoms with Crippen LogP contribution in [0.25, 0.3) is 5.65 Å². The second kappa shape index (κ2) is 7.01. The maximum absolute atomic E-state index is 5.95. The number of imidazole rings is 1. The summed E-state index contributed by atoms with van der Waals surface area (Å²) in [5.74, 6) is 1.55. The fraction of sp³-hybridized carbons (Fsp3) is 0.368. The molecule has 1 aliphatic heterocycles. The number of benzene rings is 1. The molecular weight excluding hydrogens is 300 g/mol. The Morgan fingerprint density at radius 3 is 3.00 bits per heavy atom. The van der Waals surface area contributed by atoms with Crippen molar-refractivity contribution < 1.29 is 4.74 Å². The Morgan fingerprint density at radius 1 is 1.17 bits per heavy atom. The number of ether oxygens (including phenoxy) is 1. The highest BCUT2D eigenvalue weighted by Crippen LogP contribution is 2.20. The molecule has 124 valence electrons. The van der Waals surface area contributed by atoms with Gasteiger partial charge in [0.15, 0.2) is 5.65 Å². The summed E-state index contributed by atoms with van der Waals surface area (Å²) in [5, 5.41) is 0. The minimum absolute atomic E-state index is 0.583. The van der Waals surface area contributed by atoms with E-state index >= 15 is 0 Å². The summed E-state index contributed by atoms with van der Waals surface area (Å²) in [5.41, 5.74) is 2.13. The summed E-state index contributed by atoms with van der Waals surface area (Å²) in [6, 6.07) is 10.1. The zero-order chi connectivity index (χ0) is 16.2. The SMILES string of the molecule is c1ccc(OC[C@@H]2CCCN(Cc3cnc4cnccn34)C2)cc1. The maximum Gasteiger partial charge on any atom is 0.155 e. The number of hydrogen-bond acceptors (Lipinski definition) is 4. The zero-order valence-electron chi connectivity index (χ0n) is 13.7. The molecule has 3 heterocycles. The molecule has 0 unspecified atom stereocenters. The van der Waals surface area contributed by atoms with Crippen molar-refractivity contribution in [3.05, 3.63) is 60.8 Å². The molecule has 4 rings (SSSR count). The van der Waals surface area contributed by atoms with Crippen LogP contribution in [0.2, 0.25) is 0 Å². The topological polar surface area (TPSA) is 42.7 Å². The van der Waals surface area contributed by atoms with Crippen LogP contribution in [0.5, 0.6) is 5.75 Å². The molecule has 0 aliphatic carbocycles. The van der Waals surface area contributed by atoms with Gasteiger partial charge in [-0.05, 0) is 31.5 Å². The van der Waals surface area contributed by atoms with Crippen LogP contribution >= 0.6 is 0 Å². The molecule has 0 radical (unpaired) electrons. The van der Waals surface area contributed by atoms with Crippen molar-refractivity contribution in [2.45, 2.75) is 19.4 Å². The summed E-state index contributed by atoms with van der Waals surface area (Å²) >= 11 is 0. The van der Waals surface area contributed by atoms with Gasteiger partial charge in [0.05, 0.1) is 24.7 Å². The summed E-state index contributed by atoms with van der Waals surface area (Å²) in [4.78, 5) is 11.1. The van der Waals surface area contributed by atoms with Crippen LogP contribution in [0.3, 0.4) is 0 Å². The molecule has 1 saturated heterocycles. The van der Waals surface area contributed by atoms with Crippen LogP contribution in [0.4, 0.5) is 0 Å². The molecule has 1 fully saturated rings. The smallest absolute Gasteiger partial charge is 0.155 e. The standard InChI is InChI=1S/C19H22N4O/c1-2-6-18(7-3-1)24-15-16-5-4-9-22(13-16)14-17-11-21-19-12-20-8-10-23(17)19/h1-3,6-8,10-12,16H,4-5,9,13-15H2/t16-/m1/s1. The molecule has 24 heavy (non-hydrogen) atoms. The van der Waals surface area contributed by atoms with E-state index in [1.54, 1.807) is 6.20 Å². The van der Waals surface area contributed by atoms with E-state index in [1.165, 1.54) is 18.5 Å². The van der Waals surface area contributed by atoms with E-state index in [4.69, 9.17) is 4.74 Å². The van der Waals surface area contributed by atoms with E-state index in [0.717, 1.165) is 37.6 Å². The van der Waals surface area contributed by atoms with E-state index in [0.29, 0.717) is 5.92 Å². The molecule has 0 bridgehead atoms. The first-order chi connectivity index (χ1) is 11.9. The Labute approximate surface area is 141 Å². The van der Waals surface area contributed by atoms with Gasteiger partial charge in [-0.2, -0.15) is 0 Å². The monoisotopic (exact) mass is 322 g/mol. The molecule has 1 aliphatic rings. The summed E-state index contributed by atoms with van der Waals surface area (Å²) < 4.78 is 8.07. The van der Waals surface area contributed by atoms with Gasteiger partial charge in [0.25, 0.3) is 0 Å². The van der Waals surface area contributed by atoms with E-state index in [2.05, 4.69) is 19.3 Å². The first kappa shape index (κ1) is 15.1. The van der Waals surface area contributed by atoms with Crippen LogP contribution in [0.15, 0.2) is 55.1 Å². The number of rotatable bonds is 5. The van der Waals surface area contributed by atoms with Gasteiger partial charge in [-0.25, -0.2) is 4.98 Å². The minimum atomic E-state index is 0.583. The van der Waals surface area contributed by atoms with Gasteiger partial charge in [0.1, 0.15) is 5.75 Å². The van der Waals surface area contributed by atoms with Crippen molar-refractivity contribution in [2.24, 2.45) is 5.92 Å². The lowest BCUT2D eigenvalue weighted by atomic mass is 9.99. The number of piperidine rings is 1. The van der Waals surface area contributed by atoms with E-state index in [-0.39, 0.29) is 0 Å². The number of aromatic nitrogens is 3.